The number of fused-ring (bicyclic) bond motifs is 1. The lowest BCUT2D eigenvalue weighted by Crippen LogP contribution is -2.16. The molecule has 0 saturated carbocycles. The number of hydrogen-bond donors (Lipinski definition) is 1. The molecule has 7 heteroatoms. The number of esters is 1. The van der Waals surface area contributed by atoms with Crippen molar-refractivity contribution >= 4 is 28.7 Å². The Morgan fingerprint density at radius 1 is 1.03 bits per heavy atom. The van der Waals surface area contributed by atoms with Crippen molar-refractivity contribution < 1.29 is 18.7 Å². The van der Waals surface area contributed by atoms with Crippen LogP contribution >= 0.6 is 0 Å². The number of ether oxygens (including phenoxy) is 1. The summed E-state index contributed by atoms with van der Waals surface area (Å²) in [5.74, 6) is -1.42. The van der Waals surface area contributed by atoms with E-state index in [1.165, 1.54) is 18.2 Å². The molecule has 146 valence electrons. The molecule has 0 fully saturated rings. The van der Waals surface area contributed by atoms with Gasteiger partial charge < -0.3 is 14.5 Å². The summed E-state index contributed by atoms with van der Waals surface area (Å²) in [6.07, 6.45) is 0. The van der Waals surface area contributed by atoms with Crippen molar-refractivity contribution in [3.63, 3.8) is 0 Å². The molecule has 0 spiro atoms. The number of hydrogen-bond acceptors (Lipinski definition) is 6. The third-order valence-corrected chi connectivity index (χ3v) is 4.32. The van der Waals surface area contributed by atoms with Gasteiger partial charge in [0.2, 0.25) is 0 Å². The van der Waals surface area contributed by atoms with Gasteiger partial charge >= 0.3 is 11.9 Å². The highest BCUT2D eigenvalue weighted by atomic mass is 16.5. The molecule has 1 amide bonds. The van der Waals surface area contributed by atoms with Crippen LogP contribution in [0.25, 0.3) is 11.1 Å². The second-order valence-electron chi connectivity index (χ2n) is 6.37. The van der Waals surface area contributed by atoms with Gasteiger partial charge in [0, 0.05) is 0 Å². The van der Waals surface area contributed by atoms with Crippen LogP contribution in [0.3, 0.4) is 0 Å². The summed E-state index contributed by atoms with van der Waals surface area (Å²) in [5.41, 5.74) is 2.37. The Hall–Kier alpha value is -4.44. The molecule has 7 nitrogen and oxygen atoms in total. The third-order valence-electron chi connectivity index (χ3n) is 4.32. The van der Waals surface area contributed by atoms with Crippen molar-refractivity contribution in [2.75, 3.05) is 5.32 Å². The number of benzene rings is 3. The maximum absolute atomic E-state index is 12.6. The Kier molecular flexibility index (Phi) is 5.22. The molecule has 0 bridgehead atoms. The zero-order valence-electron chi connectivity index (χ0n) is 15.7. The minimum absolute atomic E-state index is 0.0643. The topological polar surface area (TPSA) is 105 Å². The fourth-order valence-electron chi connectivity index (χ4n) is 2.84. The number of amides is 1. The number of para-hydroxylation sites is 2. The van der Waals surface area contributed by atoms with E-state index in [1.54, 1.807) is 24.3 Å². The fraction of sp³-hybridized carbons (Fsp3) is 0.0435. The van der Waals surface area contributed by atoms with Crippen molar-refractivity contribution in [2.24, 2.45) is 0 Å². The summed E-state index contributed by atoms with van der Waals surface area (Å²) in [7, 11) is 0. The van der Waals surface area contributed by atoms with E-state index in [9.17, 15) is 9.59 Å². The van der Waals surface area contributed by atoms with Gasteiger partial charge in [0.05, 0.1) is 22.9 Å². The predicted molar refractivity (Wildman–Crippen MR) is 109 cm³/mol. The van der Waals surface area contributed by atoms with Gasteiger partial charge in [0.25, 0.3) is 5.89 Å². The van der Waals surface area contributed by atoms with Gasteiger partial charge in [0.1, 0.15) is 12.1 Å². The summed E-state index contributed by atoms with van der Waals surface area (Å²) in [6, 6.07) is 22.5. The summed E-state index contributed by atoms with van der Waals surface area (Å²) in [6.45, 7) is 0.0645. The van der Waals surface area contributed by atoms with E-state index >= 15 is 0 Å². The standard InChI is InChI=1S/C23H15N3O4/c24-13-16-10-11-18(17(12-16)23(28)29-14-15-6-2-1-3-7-15)25-21(27)22-26-19-8-4-5-9-20(19)30-22/h1-12H,14H2,(H,25,27). The van der Waals surface area contributed by atoms with Crippen LogP contribution in [0.1, 0.15) is 32.2 Å². The Morgan fingerprint density at radius 2 is 1.80 bits per heavy atom. The highest BCUT2D eigenvalue weighted by Crippen LogP contribution is 2.21. The molecule has 4 rings (SSSR count). The van der Waals surface area contributed by atoms with Crippen molar-refractivity contribution in [3.05, 3.63) is 95.4 Å². The average molecular weight is 397 g/mol. The molecule has 30 heavy (non-hydrogen) atoms. The van der Waals surface area contributed by atoms with E-state index in [-0.39, 0.29) is 29.3 Å². The smallest absolute Gasteiger partial charge is 0.340 e. The first kappa shape index (κ1) is 18.9. The van der Waals surface area contributed by atoms with E-state index in [1.807, 2.05) is 36.4 Å². The molecule has 0 aliphatic carbocycles. The molecular formula is C23H15N3O4. The second kappa shape index (κ2) is 8.29. The molecule has 0 radical (unpaired) electrons. The fourth-order valence-corrected chi connectivity index (χ4v) is 2.84. The van der Waals surface area contributed by atoms with Gasteiger partial charge in [-0.3, -0.25) is 4.79 Å². The van der Waals surface area contributed by atoms with Crippen LogP contribution in [0.4, 0.5) is 5.69 Å². The van der Waals surface area contributed by atoms with Crippen LogP contribution in [0.5, 0.6) is 0 Å². The zero-order valence-corrected chi connectivity index (χ0v) is 15.7. The lowest BCUT2D eigenvalue weighted by molar-refractivity contribution is 0.0474. The van der Waals surface area contributed by atoms with E-state index < -0.39 is 11.9 Å². The van der Waals surface area contributed by atoms with Crippen LogP contribution in [-0.4, -0.2) is 16.9 Å². The maximum Gasteiger partial charge on any atom is 0.340 e. The van der Waals surface area contributed by atoms with Gasteiger partial charge in [-0.25, -0.2) is 9.78 Å². The van der Waals surface area contributed by atoms with Crippen LogP contribution < -0.4 is 5.32 Å². The van der Waals surface area contributed by atoms with Gasteiger partial charge in [-0.1, -0.05) is 42.5 Å². The van der Waals surface area contributed by atoms with E-state index in [2.05, 4.69) is 10.3 Å². The van der Waals surface area contributed by atoms with Crippen molar-refractivity contribution in [2.45, 2.75) is 6.61 Å². The normalized spacial score (nSPS) is 10.4. The molecule has 1 aromatic heterocycles. The minimum atomic E-state index is -0.663. The maximum atomic E-state index is 12.6. The molecular weight excluding hydrogens is 382 g/mol. The van der Waals surface area contributed by atoms with Crippen LogP contribution in [0.15, 0.2) is 77.2 Å². The largest absolute Gasteiger partial charge is 0.457 e. The monoisotopic (exact) mass is 397 g/mol. The molecule has 0 saturated heterocycles. The molecule has 3 aromatic carbocycles. The Bertz CT molecular complexity index is 1240. The highest BCUT2D eigenvalue weighted by molar-refractivity contribution is 6.06. The average Bonchev–Trinajstić information content (AvgIpc) is 3.23. The first-order valence-corrected chi connectivity index (χ1v) is 9.06. The third kappa shape index (κ3) is 4.03. The number of carbonyl (C=O) groups excluding carboxylic acids is 2. The first-order valence-electron chi connectivity index (χ1n) is 9.06. The lowest BCUT2D eigenvalue weighted by Gasteiger charge is -2.11. The molecule has 0 aliphatic heterocycles. The second-order valence-corrected chi connectivity index (χ2v) is 6.37. The van der Waals surface area contributed by atoms with Crippen LogP contribution in [-0.2, 0) is 11.3 Å². The molecule has 0 atom stereocenters. The number of anilines is 1. The van der Waals surface area contributed by atoms with Crippen molar-refractivity contribution in [1.29, 1.82) is 5.26 Å². The summed E-state index contributed by atoms with van der Waals surface area (Å²) < 4.78 is 10.8. The van der Waals surface area contributed by atoms with Gasteiger partial charge in [-0.15, -0.1) is 0 Å². The molecule has 0 aliphatic rings. The molecule has 1 N–H and O–H groups in total. The minimum Gasteiger partial charge on any atom is -0.457 e. The number of rotatable bonds is 5. The first-order chi connectivity index (χ1) is 14.6. The number of nitrogens with one attached hydrogen (secondary N) is 1. The SMILES string of the molecule is N#Cc1ccc(NC(=O)c2nc3ccccc3o2)c(C(=O)OCc2ccccc2)c1. The molecule has 4 aromatic rings. The molecule has 1 heterocycles. The van der Waals surface area contributed by atoms with E-state index in [0.717, 1.165) is 5.56 Å². The van der Waals surface area contributed by atoms with Crippen LogP contribution in [0.2, 0.25) is 0 Å². The van der Waals surface area contributed by atoms with Gasteiger partial charge in [0.15, 0.2) is 5.58 Å². The van der Waals surface area contributed by atoms with Crippen molar-refractivity contribution in [1.82, 2.24) is 4.98 Å². The van der Waals surface area contributed by atoms with E-state index in [4.69, 9.17) is 14.4 Å². The van der Waals surface area contributed by atoms with Crippen molar-refractivity contribution in [3.8, 4) is 6.07 Å². The van der Waals surface area contributed by atoms with Crippen LogP contribution in [0, 0.1) is 11.3 Å². The summed E-state index contributed by atoms with van der Waals surface area (Å²) in [4.78, 5) is 29.4. The Labute approximate surface area is 171 Å². The lowest BCUT2D eigenvalue weighted by atomic mass is 10.1. The predicted octanol–water partition coefficient (Wildman–Crippen LogP) is 4.31. The Morgan fingerprint density at radius 3 is 2.57 bits per heavy atom. The highest BCUT2D eigenvalue weighted by Gasteiger charge is 2.20. The van der Waals surface area contributed by atoms with Gasteiger partial charge in [-0.2, -0.15) is 5.26 Å². The summed E-state index contributed by atoms with van der Waals surface area (Å²) in [5, 5.41) is 11.8. The number of oxazole rings is 1. The Balaban J connectivity index is 1.57. The molecule has 0 unspecified atom stereocenters. The number of nitrogens with zero attached hydrogens (tertiary/aromatic N) is 2. The number of aromatic nitrogens is 1. The number of carbonyl (C=O) groups is 2. The summed E-state index contributed by atoms with van der Waals surface area (Å²) >= 11 is 0. The quantitative estimate of drug-likeness (QED) is 0.503. The zero-order chi connectivity index (χ0) is 20.9. The number of nitriles is 1. The van der Waals surface area contributed by atoms with E-state index in [0.29, 0.717) is 11.1 Å². The van der Waals surface area contributed by atoms with Gasteiger partial charge in [-0.05, 0) is 35.9 Å².